The molecule has 11 heavy (non-hydrogen) atoms. The zero-order chi connectivity index (χ0) is 8.91. The summed E-state index contributed by atoms with van der Waals surface area (Å²) in [5.74, 6) is -0.179. The van der Waals surface area contributed by atoms with Crippen LogP contribution in [-0.2, 0) is 10.0 Å². The van der Waals surface area contributed by atoms with Crippen molar-refractivity contribution in [2.24, 2.45) is 10.9 Å². The maximum atomic E-state index is 10.4. The second kappa shape index (κ2) is 4.15. The molecule has 4 N–H and O–H groups in total. The first kappa shape index (κ1) is 10.2. The molecule has 0 saturated carbocycles. The van der Waals surface area contributed by atoms with E-state index in [4.69, 9.17) is 10.9 Å². The number of nitrogens with two attached hydrogens (primary N) is 2. The molecule has 0 unspecified atom stereocenters. The summed E-state index contributed by atoms with van der Waals surface area (Å²) in [6, 6.07) is 0. The van der Waals surface area contributed by atoms with Gasteiger partial charge < -0.3 is 5.73 Å². The molecule has 0 saturated heterocycles. The Kier molecular flexibility index (Phi) is 3.84. The van der Waals surface area contributed by atoms with E-state index in [1.54, 1.807) is 13.0 Å². The van der Waals surface area contributed by atoms with E-state index in [9.17, 15) is 8.42 Å². The number of hydrogen-bond acceptors (Lipinski definition) is 3. The van der Waals surface area contributed by atoms with Crippen LogP contribution in [0.15, 0.2) is 23.9 Å². The first-order valence-electron chi connectivity index (χ1n) is 3.04. The van der Waals surface area contributed by atoms with Crippen LogP contribution in [0.5, 0.6) is 0 Å². The topological polar surface area (TPSA) is 86.2 Å². The molecule has 64 valence electrons. The predicted octanol–water partition coefficient (Wildman–Crippen LogP) is -0.306. The van der Waals surface area contributed by atoms with Gasteiger partial charge in [0.15, 0.2) is 0 Å². The van der Waals surface area contributed by atoms with Crippen molar-refractivity contribution in [1.82, 2.24) is 0 Å². The Bertz CT molecular complexity index is 264. The van der Waals surface area contributed by atoms with Crippen molar-refractivity contribution < 1.29 is 8.42 Å². The van der Waals surface area contributed by atoms with Crippen molar-refractivity contribution in [2.75, 3.05) is 5.75 Å². The molecule has 0 aromatic heterocycles. The Hall–Kier alpha value is -0.810. The van der Waals surface area contributed by atoms with Crippen LogP contribution in [0.4, 0.5) is 0 Å². The van der Waals surface area contributed by atoms with Crippen LogP contribution in [0.3, 0.4) is 0 Å². The molecule has 0 amide bonds. The number of allylic oxidation sites excluding steroid dienone is 2. The summed E-state index contributed by atoms with van der Waals surface area (Å²) >= 11 is 0. The Morgan fingerprint density at radius 3 is 2.45 bits per heavy atom. The van der Waals surface area contributed by atoms with Gasteiger partial charge in [-0.05, 0) is 13.0 Å². The van der Waals surface area contributed by atoms with Gasteiger partial charge in [0, 0.05) is 5.70 Å². The Balaban J connectivity index is 4.00. The molecule has 0 aliphatic rings. The van der Waals surface area contributed by atoms with Gasteiger partial charge in [-0.1, -0.05) is 12.2 Å². The van der Waals surface area contributed by atoms with Crippen LogP contribution in [0.25, 0.3) is 0 Å². The Morgan fingerprint density at radius 2 is 2.09 bits per heavy atom. The van der Waals surface area contributed by atoms with E-state index >= 15 is 0 Å². The third kappa shape index (κ3) is 7.08. The van der Waals surface area contributed by atoms with Crippen molar-refractivity contribution in [3.05, 3.63) is 23.9 Å². The lowest BCUT2D eigenvalue weighted by Gasteiger charge is -1.90. The smallest absolute Gasteiger partial charge is 0.212 e. The van der Waals surface area contributed by atoms with E-state index in [0.717, 1.165) is 0 Å². The van der Waals surface area contributed by atoms with Crippen LogP contribution in [0.2, 0.25) is 0 Å². The van der Waals surface area contributed by atoms with Crippen LogP contribution >= 0.6 is 0 Å². The maximum Gasteiger partial charge on any atom is 0.212 e. The third-order valence-corrected chi connectivity index (χ3v) is 1.63. The molecule has 0 atom stereocenters. The molecule has 0 aliphatic carbocycles. The standard InChI is InChI=1S/C6H12N2O2S/c1-2-6(7)4-3-5-11(8,9)10/h2-4H,5,7H2,1H3,(H2,8,9,10)/b4-3-,6-2+. The van der Waals surface area contributed by atoms with E-state index in [1.165, 1.54) is 12.2 Å². The van der Waals surface area contributed by atoms with E-state index < -0.39 is 10.0 Å². The maximum absolute atomic E-state index is 10.4. The number of sulfonamides is 1. The van der Waals surface area contributed by atoms with Crippen LogP contribution in [0.1, 0.15) is 6.92 Å². The van der Waals surface area contributed by atoms with E-state index in [1.807, 2.05) is 0 Å². The molecule has 0 aromatic rings. The number of primary sulfonamides is 1. The van der Waals surface area contributed by atoms with Gasteiger partial charge in [-0.3, -0.25) is 0 Å². The van der Waals surface area contributed by atoms with E-state index in [-0.39, 0.29) is 5.75 Å². The van der Waals surface area contributed by atoms with Gasteiger partial charge in [0.25, 0.3) is 0 Å². The monoisotopic (exact) mass is 176 g/mol. The first-order chi connectivity index (χ1) is 4.95. The quantitative estimate of drug-likeness (QED) is 0.578. The summed E-state index contributed by atoms with van der Waals surface area (Å²) in [5.41, 5.74) is 5.86. The van der Waals surface area contributed by atoms with Crippen molar-refractivity contribution in [1.29, 1.82) is 0 Å². The summed E-state index contributed by atoms with van der Waals surface area (Å²) in [7, 11) is -3.40. The number of hydrogen-bond donors (Lipinski definition) is 2. The molecule has 0 fully saturated rings. The second-order valence-corrected chi connectivity index (χ2v) is 3.68. The first-order valence-corrected chi connectivity index (χ1v) is 4.76. The molecule has 0 aromatic carbocycles. The number of rotatable bonds is 3. The lowest BCUT2D eigenvalue weighted by Crippen LogP contribution is -2.14. The normalized spacial score (nSPS) is 14.2. The highest BCUT2D eigenvalue weighted by Crippen LogP contribution is 1.87. The van der Waals surface area contributed by atoms with Crippen molar-refractivity contribution in [2.45, 2.75) is 6.92 Å². The fourth-order valence-corrected chi connectivity index (χ4v) is 0.779. The molecular weight excluding hydrogens is 164 g/mol. The second-order valence-electron chi connectivity index (χ2n) is 2.02. The zero-order valence-electron chi connectivity index (χ0n) is 6.32. The fraction of sp³-hybridized carbons (Fsp3) is 0.333. The lowest BCUT2D eigenvalue weighted by atomic mass is 10.4. The minimum atomic E-state index is -3.40. The van der Waals surface area contributed by atoms with Crippen molar-refractivity contribution in [3.63, 3.8) is 0 Å². The molecule has 0 heterocycles. The van der Waals surface area contributed by atoms with Gasteiger partial charge in [0.05, 0.1) is 5.75 Å². The predicted molar refractivity (Wildman–Crippen MR) is 45.1 cm³/mol. The molecular formula is C6H12N2O2S. The molecule has 4 nitrogen and oxygen atoms in total. The van der Waals surface area contributed by atoms with Gasteiger partial charge in [-0.2, -0.15) is 0 Å². The lowest BCUT2D eigenvalue weighted by molar-refractivity contribution is 0.600. The van der Waals surface area contributed by atoms with Gasteiger partial charge in [0.2, 0.25) is 10.0 Å². The summed E-state index contributed by atoms with van der Waals surface area (Å²) in [6.45, 7) is 1.76. The van der Waals surface area contributed by atoms with Gasteiger partial charge in [-0.15, -0.1) is 0 Å². The summed E-state index contributed by atoms with van der Waals surface area (Å²) in [4.78, 5) is 0. The Labute approximate surface area is 66.6 Å². The van der Waals surface area contributed by atoms with Crippen LogP contribution in [0, 0.1) is 0 Å². The minimum Gasteiger partial charge on any atom is -0.399 e. The third-order valence-electron chi connectivity index (χ3n) is 0.972. The SMILES string of the molecule is C/C=C(N)\C=C/CS(N)(=O)=O. The van der Waals surface area contributed by atoms with Crippen molar-refractivity contribution in [3.8, 4) is 0 Å². The average molecular weight is 176 g/mol. The zero-order valence-corrected chi connectivity index (χ0v) is 7.14. The largest absolute Gasteiger partial charge is 0.399 e. The molecule has 0 spiro atoms. The van der Waals surface area contributed by atoms with Gasteiger partial charge in [0.1, 0.15) is 0 Å². The summed E-state index contributed by atoms with van der Waals surface area (Å²) < 4.78 is 20.7. The Morgan fingerprint density at radius 1 is 1.55 bits per heavy atom. The summed E-state index contributed by atoms with van der Waals surface area (Å²) in [6.07, 6.45) is 4.58. The molecule has 0 aliphatic heterocycles. The molecule has 5 heteroatoms. The van der Waals surface area contributed by atoms with Crippen LogP contribution < -0.4 is 10.9 Å². The highest BCUT2D eigenvalue weighted by molar-refractivity contribution is 7.89. The van der Waals surface area contributed by atoms with Gasteiger partial charge >= 0.3 is 0 Å². The minimum absolute atomic E-state index is 0.179. The van der Waals surface area contributed by atoms with E-state index in [2.05, 4.69) is 0 Å². The molecule has 0 bridgehead atoms. The van der Waals surface area contributed by atoms with Gasteiger partial charge in [-0.25, -0.2) is 13.6 Å². The van der Waals surface area contributed by atoms with E-state index in [0.29, 0.717) is 5.70 Å². The fourth-order valence-electron chi connectivity index (χ4n) is 0.415. The van der Waals surface area contributed by atoms with Crippen molar-refractivity contribution >= 4 is 10.0 Å². The van der Waals surface area contributed by atoms with Crippen LogP contribution in [-0.4, -0.2) is 14.2 Å². The molecule has 0 rings (SSSR count). The summed E-state index contributed by atoms with van der Waals surface area (Å²) in [5, 5.41) is 4.72. The molecule has 0 radical (unpaired) electrons. The highest BCUT2D eigenvalue weighted by atomic mass is 32.2. The average Bonchev–Trinajstić information content (AvgIpc) is 1.85. The highest BCUT2D eigenvalue weighted by Gasteiger charge is 1.95.